The van der Waals surface area contributed by atoms with E-state index in [-0.39, 0.29) is 0 Å². The van der Waals surface area contributed by atoms with Crippen LogP contribution in [-0.4, -0.2) is 4.57 Å². The number of nitrogens with zero attached hydrogens (tertiary/aromatic N) is 2. The quantitative estimate of drug-likeness (QED) is 0.152. The summed E-state index contributed by atoms with van der Waals surface area (Å²) >= 11 is 0. The summed E-state index contributed by atoms with van der Waals surface area (Å²) in [7, 11) is 0. The topological polar surface area (TPSA) is 21.3 Å². The van der Waals surface area contributed by atoms with Crippen LogP contribution in [0.3, 0.4) is 0 Å². The van der Waals surface area contributed by atoms with Crippen LogP contribution in [0.2, 0.25) is 0 Å². The van der Waals surface area contributed by atoms with Gasteiger partial charge in [-0.3, -0.25) is 0 Å². The summed E-state index contributed by atoms with van der Waals surface area (Å²) in [4.78, 5) is 2.35. The zero-order chi connectivity index (χ0) is 45.1. The van der Waals surface area contributed by atoms with Crippen LogP contribution in [0.15, 0.2) is 253 Å². The first-order chi connectivity index (χ1) is 33.6. The van der Waals surface area contributed by atoms with Crippen LogP contribution in [-0.2, 0) is 0 Å². The Bertz CT molecular complexity index is 3870. The Morgan fingerprint density at radius 3 is 1.72 bits per heavy atom. The largest absolute Gasteiger partial charge is 0.456 e. The third kappa shape index (κ3) is 6.82. The summed E-state index contributed by atoms with van der Waals surface area (Å²) in [5.41, 5.74) is 17.1. The normalized spacial score (nSPS) is 14.9. The molecule has 0 radical (unpaired) electrons. The van der Waals surface area contributed by atoms with E-state index >= 15 is 0 Å². The van der Waals surface area contributed by atoms with Crippen LogP contribution in [0.5, 0.6) is 0 Å². The Kier molecular flexibility index (Phi) is 9.54. The highest BCUT2D eigenvalue weighted by Gasteiger charge is 2.21. The number of hydrogen-bond acceptors (Lipinski definition) is 2. The SMILES string of the molecule is CC1C=CC(c2ccc(-c3ccc(N(c4ccc(-c5ccccc5-n5c6ccccc6c6ccccc65)cc4)c4ccc5oc6ccccc6c5c4)cc3)cc2)=CC1c1ccc2ccccc2c1. The summed E-state index contributed by atoms with van der Waals surface area (Å²) in [6, 6.07) is 83.6. The van der Waals surface area contributed by atoms with Crippen molar-refractivity contribution in [3.8, 4) is 27.9 Å². The van der Waals surface area contributed by atoms with Crippen LogP contribution in [0.25, 0.3) is 88.0 Å². The Morgan fingerprint density at radius 1 is 0.426 bits per heavy atom. The van der Waals surface area contributed by atoms with E-state index in [9.17, 15) is 0 Å². The van der Waals surface area contributed by atoms with E-state index < -0.39 is 0 Å². The molecule has 0 spiro atoms. The molecule has 2 heterocycles. The maximum absolute atomic E-state index is 6.29. The van der Waals surface area contributed by atoms with Crippen molar-refractivity contribution in [2.45, 2.75) is 12.8 Å². The van der Waals surface area contributed by atoms with Gasteiger partial charge in [-0.1, -0.05) is 189 Å². The van der Waals surface area contributed by atoms with Gasteiger partial charge >= 0.3 is 0 Å². The van der Waals surface area contributed by atoms with Gasteiger partial charge in [0.2, 0.25) is 0 Å². The number of hydrogen-bond donors (Lipinski definition) is 0. The van der Waals surface area contributed by atoms with Crippen molar-refractivity contribution >= 4 is 77.2 Å². The molecule has 0 amide bonds. The lowest BCUT2D eigenvalue weighted by Gasteiger charge is -2.26. The van der Waals surface area contributed by atoms with Crippen LogP contribution in [0, 0.1) is 5.92 Å². The predicted molar refractivity (Wildman–Crippen MR) is 287 cm³/mol. The molecule has 322 valence electrons. The lowest BCUT2D eigenvalue weighted by molar-refractivity contribution is 0.638. The molecule has 0 saturated heterocycles. The van der Waals surface area contributed by atoms with E-state index in [1.54, 1.807) is 0 Å². The van der Waals surface area contributed by atoms with Gasteiger partial charge in [-0.05, 0) is 117 Å². The van der Waals surface area contributed by atoms with Crippen LogP contribution in [0.4, 0.5) is 17.1 Å². The summed E-state index contributed by atoms with van der Waals surface area (Å²) in [6.45, 7) is 2.32. The predicted octanol–water partition coefficient (Wildman–Crippen LogP) is 18.0. The van der Waals surface area contributed by atoms with Gasteiger partial charge in [-0.25, -0.2) is 0 Å². The molecule has 2 unspecified atom stereocenters. The van der Waals surface area contributed by atoms with Gasteiger partial charge < -0.3 is 13.9 Å². The average molecular weight is 871 g/mol. The van der Waals surface area contributed by atoms with Crippen molar-refractivity contribution in [3.63, 3.8) is 0 Å². The zero-order valence-corrected chi connectivity index (χ0v) is 37.6. The van der Waals surface area contributed by atoms with E-state index in [0.29, 0.717) is 11.8 Å². The Hall–Kier alpha value is -8.66. The van der Waals surface area contributed by atoms with Gasteiger partial charge in [-0.2, -0.15) is 0 Å². The van der Waals surface area contributed by atoms with E-state index in [1.165, 1.54) is 66.0 Å². The fourth-order valence-corrected chi connectivity index (χ4v) is 10.6. The minimum atomic E-state index is 0.320. The molecular formula is C65H46N2O. The van der Waals surface area contributed by atoms with Gasteiger partial charge in [-0.15, -0.1) is 0 Å². The molecule has 68 heavy (non-hydrogen) atoms. The molecule has 2 aromatic heterocycles. The molecule has 1 aliphatic rings. The Labute approximate surface area is 395 Å². The fourth-order valence-electron chi connectivity index (χ4n) is 10.6. The lowest BCUT2D eigenvalue weighted by Crippen LogP contribution is -2.09. The molecule has 13 rings (SSSR count). The highest BCUT2D eigenvalue weighted by atomic mass is 16.3. The molecule has 3 heteroatoms. The van der Waals surface area contributed by atoms with Crippen molar-refractivity contribution in [2.75, 3.05) is 4.90 Å². The third-order valence-electron chi connectivity index (χ3n) is 14.1. The lowest BCUT2D eigenvalue weighted by atomic mass is 9.80. The number of aromatic nitrogens is 1. The maximum Gasteiger partial charge on any atom is 0.135 e. The summed E-state index contributed by atoms with van der Waals surface area (Å²) in [5.74, 6) is 0.742. The van der Waals surface area contributed by atoms with Crippen molar-refractivity contribution < 1.29 is 4.42 Å². The number of furan rings is 1. The Balaban J connectivity index is 0.844. The first-order valence-electron chi connectivity index (χ1n) is 23.6. The number of benzene rings is 10. The molecule has 12 aromatic rings. The van der Waals surface area contributed by atoms with Gasteiger partial charge in [0.05, 0.1) is 16.7 Å². The molecule has 0 N–H and O–H groups in total. The molecule has 0 bridgehead atoms. The van der Waals surface area contributed by atoms with Gasteiger partial charge in [0.15, 0.2) is 0 Å². The number of anilines is 3. The summed E-state index contributed by atoms with van der Waals surface area (Å²) < 4.78 is 8.70. The molecule has 0 aliphatic heterocycles. The molecule has 0 fully saturated rings. The smallest absolute Gasteiger partial charge is 0.135 e. The van der Waals surface area contributed by atoms with E-state index in [0.717, 1.165) is 50.3 Å². The first kappa shape index (κ1) is 39.7. The molecule has 0 saturated carbocycles. The Morgan fingerprint density at radius 2 is 0.985 bits per heavy atom. The summed E-state index contributed by atoms with van der Waals surface area (Å²) in [6.07, 6.45) is 7.11. The molecule has 10 aromatic carbocycles. The second-order valence-corrected chi connectivity index (χ2v) is 18.1. The van der Waals surface area contributed by atoms with Crippen molar-refractivity contribution in [1.29, 1.82) is 0 Å². The van der Waals surface area contributed by atoms with Crippen LogP contribution in [0.1, 0.15) is 24.0 Å². The third-order valence-corrected chi connectivity index (χ3v) is 14.1. The van der Waals surface area contributed by atoms with E-state index in [1.807, 2.05) is 12.1 Å². The highest BCUT2D eigenvalue weighted by Crippen LogP contribution is 2.42. The number of allylic oxidation sites excluding steroid dienone is 4. The minimum Gasteiger partial charge on any atom is -0.456 e. The molecule has 2 atom stereocenters. The molecular weight excluding hydrogens is 825 g/mol. The molecule has 1 aliphatic carbocycles. The highest BCUT2D eigenvalue weighted by molar-refractivity contribution is 6.10. The van der Waals surface area contributed by atoms with Gasteiger partial charge in [0.1, 0.15) is 11.2 Å². The second-order valence-electron chi connectivity index (χ2n) is 18.1. The number of fused-ring (bicyclic) bond motifs is 7. The summed E-state index contributed by atoms with van der Waals surface area (Å²) in [5, 5.41) is 7.29. The number of para-hydroxylation sites is 4. The number of rotatable bonds is 8. The second kappa shape index (κ2) is 16.3. The van der Waals surface area contributed by atoms with E-state index in [2.05, 4.69) is 253 Å². The van der Waals surface area contributed by atoms with Crippen molar-refractivity contribution in [1.82, 2.24) is 4.57 Å². The van der Waals surface area contributed by atoms with Crippen molar-refractivity contribution in [3.05, 3.63) is 260 Å². The zero-order valence-electron chi connectivity index (χ0n) is 37.6. The first-order valence-corrected chi connectivity index (χ1v) is 23.6. The van der Waals surface area contributed by atoms with Gasteiger partial charge in [0, 0.05) is 50.1 Å². The maximum atomic E-state index is 6.29. The fraction of sp³-hybridized carbons (Fsp3) is 0.0462. The van der Waals surface area contributed by atoms with Crippen LogP contribution >= 0.6 is 0 Å². The average Bonchev–Trinajstić information content (AvgIpc) is 3.95. The standard InChI is InChI=1S/C65H46N2O/c1-43-22-23-50(41-59(43)51-29-28-44-12-2-3-13-49(44)40-51)47-26-24-45(25-27-47)46-30-34-52(35-31-46)66(54-38-39-65-60(42-54)58-17-7-11-21-64(58)68-65)53-36-32-48(33-37-53)55-14-4-8-18-61(55)67-62-19-9-5-15-56(62)57-16-6-10-20-63(57)67/h2-43,59H,1H3. The van der Waals surface area contributed by atoms with Crippen LogP contribution < -0.4 is 4.90 Å². The van der Waals surface area contributed by atoms with E-state index in [4.69, 9.17) is 4.42 Å². The minimum absolute atomic E-state index is 0.320. The van der Waals surface area contributed by atoms with Crippen molar-refractivity contribution in [2.24, 2.45) is 5.92 Å². The molecule has 3 nitrogen and oxygen atoms in total. The monoisotopic (exact) mass is 870 g/mol. The van der Waals surface area contributed by atoms with Gasteiger partial charge in [0.25, 0.3) is 0 Å².